The standard InChI is InChI=1S/C10H8O4/c1-3-7-13-9(11)5-6-10(12)14-8-4-2/h1-2,5-6H,7-8H2/b6-5-. The Morgan fingerprint density at radius 3 is 1.64 bits per heavy atom. The van der Waals surface area contributed by atoms with Crippen LogP contribution in [0.15, 0.2) is 12.2 Å². The van der Waals surface area contributed by atoms with Crippen LogP contribution in [0.25, 0.3) is 0 Å². The van der Waals surface area contributed by atoms with Crippen LogP contribution in [-0.4, -0.2) is 25.2 Å². The Morgan fingerprint density at radius 2 is 1.36 bits per heavy atom. The number of hydrogen-bond acceptors (Lipinski definition) is 4. The molecule has 4 heteroatoms. The van der Waals surface area contributed by atoms with E-state index in [4.69, 9.17) is 12.8 Å². The van der Waals surface area contributed by atoms with Gasteiger partial charge < -0.3 is 9.47 Å². The maximum atomic E-state index is 10.7. The molecule has 14 heavy (non-hydrogen) atoms. The van der Waals surface area contributed by atoms with E-state index in [2.05, 4.69) is 21.3 Å². The second-order valence-electron chi connectivity index (χ2n) is 1.96. The van der Waals surface area contributed by atoms with Crippen LogP contribution in [0, 0.1) is 24.7 Å². The Balaban J connectivity index is 3.82. The summed E-state index contributed by atoms with van der Waals surface area (Å²) < 4.78 is 8.87. The highest BCUT2D eigenvalue weighted by atomic mass is 16.5. The molecule has 0 saturated heterocycles. The van der Waals surface area contributed by atoms with Crippen LogP contribution in [0.5, 0.6) is 0 Å². The van der Waals surface area contributed by atoms with E-state index in [1.54, 1.807) is 0 Å². The van der Waals surface area contributed by atoms with Crippen molar-refractivity contribution in [2.75, 3.05) is 13.2 Å². The van der Waals surface area contributed by atoms with E-state index in [0.717, 1.165) is 12.2 Å². The second-order valence-corrected chi connectivity index (χ2v) is 1.96. The zero-order valence-corrected chi connectivity index (χ0v) is 7.36. The van der Waals surface area contributed by atoms with E-state index in [9.17, 15) is 9.59 Å². The summed E-state index contributed by atoms with van der Waals surface area (Å²) in [6.45, 7) is -0.273. The first-order chi connectivity index (χ1) is 6.70. The normalized spacial score (nSPS) is 8.71. The maximum absolute atomic E-state index is 10.7. The Morgan fingerprint density at radius 1 is 1.00 bits per heavy atom. The lowest BCUT2D eigenvalue weighted by Gasteiger charge is -1.95. The van der Waals surface area contributed by atoms with E-state index in [1.165, 1.54) is 0 Å². The summed E-state index contributed by atoms with van der Waals surface area (Å²) in [5.74, 6) is 2.79. The van der Waals surface area contributed by atoms with Gasteiger partial charge in [0.2, 0.25) is 0 Å². The first-order valence-electron chi connectivity index (χ1n) is 3.59. The van der Waals surface area contributed by atoms with Gasteiger partial charge >= 0.3 is 11.9 Å². The van der Waals surface area contributed by atoms with Crippen molar-refractivity contribution < 1.29 is 19.1 Å². The lowest BCUT2D eigenvalue weighted by Crippen LogP contribution is -2.04. The molecule has 72 valence electrons. The SMILES string of the molecule is C#CCOC(=O)/C=C\C(=O)OCC#C. The predicted molar refractivity (Wildman–Crippen MR) is 48.7 cm³/mol. The van der Waals surface area contributed by atoms with Crippen molar-refractivity contribution in [1.82, 2.24) is 0 Å². The average molecular weight is 192 g/mol. The van der Waals surface area contributed by atoms with E-state index < -0.39 is 11.9 Å². The third-order valence-electron chi connectivity index (χ3n) is 0.951. The highest BCUT2D eigenvalue weighted by molar-refractivity contribution is 5.91. The van der Waals surface area contributed by atoms with Crippen molar-refractivity contribution in [2.45, 2.75) is 0 Å². The van der Waals surface area contributed by atoms with Crippen molar-refractivity contribution in [3.05, 3.63) is 12.2 Å². The monoisotopic (exact) mass is 192 g/mol. The van der Waals surface area contributed by atoms with Gasteiger partial charge in [0.1, 0.15) is 0 Å². The molecule has 0 radical (unpaired) electrons. The number of ether oxygens (including phenoxy) is 2. The molecule has 0 aliphatic carbocycles. The molecule has 0 rings (SSSR count). The number of esters is 2. The Kier molecular flexibility index (Phi) is 6.28. The topological polar surface area (TPSA) is 52.6 Å². The second kappa shape index (κ2) is 7.45. The fourth-order valence-electron chi connectivity index (χ4n) is 0.458. The minimum absolute atomic E-state index is 0.136. The molecule has 0 atom stereocenters. The summed E-state index contributed by atoms with van der Waals surface area (Å²) in [4.78, 5) is 21.5. The number of carbonyl (C=O) groups excluding carboxylic acids is 2. The van der Waals surface area contributed by atoms with Crippen molar-refractivity contribution in [3.8, 4) is 24.7 Å². The number of terminal acetylenes is 2. The number of rotatable bonds is 4. The molecular weight excluding hydrogens is 184 g/mol. The summed E-state index contributed by atoms with van der Waals surface area (Å²) in [5.41, 5.74) is 0. The molecule has 0 heterocycles. The van der Waals surface area contributed by atoms with Crippen LogP contribution < -0.4 is 0 Å². The zero-order chi connectivity index (χ0) is 10.8. The minimum atomic E-state index is -0.708. The highest BCUT2D eigenvalue weighted by Gasteiger charge is 1.98. The third-order valence-corrected chi connectivity index (χ3v) is 0.951. The molecule has 0 unspecified atom stereocenters. The largest absolute Gasteiger partial charge is 0.449 e. The molecule has 0 amide bonds. The van der Waals surface area contributed by atoms with E-state index in [0.29, 0.717) is 0 Å². The van der Waals surface area contributed by atoms with Gasteiger partial charge in [-0.25, -0.2) is 9.59 Å². The highest BCUT2D eigenvalue weighted by Crippen LogP contribution is 1.84. The molecule has 0 N–H and O–H groups in total. The van der Waals surface area contributed by atoms with Crippen LogP contribution in [0.1, 0.15) is 0 Å². The molecule has 0 spiro atoms. The molecule has 0 bridgehead atoms. The van der Waals surface area contributed by atoms with Crippen LogP contribution in [0.2, 0.25) is 0 Å². The number of carbonyl (C=O) groups is 2. The molecule has 0 saturated carbocycles. The van der Waals surface area contributed by atoms with Crippen molar-refractivity contribution in [2.24, 2.45) is 0 Å². The van der Waals surface area contributed by atoms with Crippen molar-refractivity contribution >= 4 is 11.9 Å². The van der Waals surface area contributed by atoms with Gasteiger partial charge in [0.25, 0.3) is 0 Å². The van der Waals surface area contributed by atoms with Gasteiger partial charge in [0, 0.05) is 12.2 Å². The predicted octanol–water partition coefficient (Wildman–Crippen LogP) is -0.105. The van der Waals surface area contributed by atoms with E-state index in [1.807, 2.05) is 0 Å². The average Bonchev–Trinajstić information content (AvgIpc) is 2.20. The summed E-state index contributed by atoms with van der Waals surface area (Å²) in [6.07, 6.45) is 11.5. The molecule has 0 aromatic rings. The summed E-state index contributed by atoms with van der Waals surface area (Å²) in [7, 11) is 0. The molecule has 0 fully saturated rings. The van der Waals surface area contributed by atoms with Crippen LogP contribution >= 0.6 is 0 Å². The zero-order valence-electron chi connectivity index (χ0n) is 7.36. The molecule has 0 aromatic heterocycles. The smallest absolute Gasteiger partial charge is 0.331 e. The van der Waals surface area contributed by atoms with Gasteiger partial charge in [-0.2, -0.15) is 0 Å². The Hall–Kier alpha value is -2.20. The van der Waals surface area contributed by atoms with Gasteiger partial charge in [-0.15, -0.1) is 12.8 Å². The fourth-order valence-corrected chi connectivity index (χ4v) is 0.458. The van der Waals surface area contributed by atoms with Gasteiger partial charge in [0.15, 0.2) is 13.2 Å². The van der Waals surface area contributed by atoms with Gasteiger partial charge in [-0.3, -0.25) is 0 Å². The van der Waals surface area contributed by atoms with E-state index in [-0.39, 0.29) is 13.2 Å². The molecule has 0 aliphatic rings. The van der Waals surface area contributed by atoms with Gasteiger partial charge in [-0.1, -0.05) is 11.8 Å². The molecule has 0 aliphatic heterocycles. The first kappa shape index (κ1) is 11.8. The molecule has 4 nitrogen and oxygen atoms in total. The van der Waals surface area contributed by atoms with Crippen molar-refractivity contribution in [1.29, 1.82) is 0 Å². The Bertz CT molecular complexity index is 282. The van der Waals surface area contributed by atoms with Gasteiger partial charge in [-0.05, 0) is 0 Å². The van der Waals surface area contributed by atoms with Crippen LogP contribution in [0.3, 0.4) is 0 Å². The third kappa shape index (κ3) is 6.51. The lowest BCUT2D eigenvalue weighted by molar-refractivity contribution is -0.139. The molecular formula is C10H8O4. The quantitative estimate of drug-likeness (QED) is 0.354. The van der Waals surface area contributed by atoms with Gasteiger partial charge in [0.05, 0.1) is 0 Å². The maximum Gasteiger partial charge on any atom is 0.331 e. The Labute approximate surface area is 81.9 Å². The fraction of sp³-hybridized carbons (Fsp3) is 0.200. The lowest BCUT2D eigenvalue weighted by atomic mass is 10.5. The van der Waals surface area contributed by atoms with Crippen LogP contribution in [-0.2, 0) is 19.1 Å². The number of hydrogen-bond donors (Lipinski definition) is 0. The summed E-state index contributed by atoms with van der Waals surface area (Å²) in [6, 6.07) is 0. The van der Waals surface area contributed by atoms with Crippen LogP contribution in [0.4, 0.5) is 0 Å². The minimum Gasteiger partial charge on any atom is -0.449 e. The van der Waals surface area contributed by atoms with E-state index >= 15 is 0 Å². The molecule has 0 aromatic carbocycles. The summed E-state index contributed by atoms with van der Waals surface area (Å²) in [5, 5.41) is 0. The van der Waals surface area contributed by atoms with Crippen molar-refractivity contribution in [3.63, 3.8) is 0 Å². The summed E-state index contributed by atoms with van der Waals surface area (Å²) >= 11 is 0. The first-order valence-corrected chi connectivity index (χ1v) is 3.59.